The Morgan fingerprint density at radius 1 is 1.00 bits per heavy atom. The van der Waals surface area contributed by atoms with Crippen LogP contribution in [0.15, 0.2) is 42.5 Å². The number of hydrogen-bond donors (Lipinski definition) is 1. The van der Waals surface area contributed by atoms with Crippen LogP contribution in [0.1, 0.15) is 17.5 Å². The SMILES string of the molecule is c1ccc2c(c1)OCCCN2c1cccc2c1CNCC2. The van der Waals surface area contributed by atoms with Crippen LogP contribution in [0.2, 0.25) is 0 Å². The summed E-state index contributed by atoms with van der Waals surface area (Å²) in [7, 11) is 0. The standard InChI is InChI=1S/C18H20N2O/c1-2-8-18-17(6-1)20(11-4-12-21-18)16-7-3-5-14-9-10-19-13-15(14)16/h1-3,5-8,19H,4,9-13H2. The average Bonchev–Trinajstić information content (AvgIpc) is 2.77. The molecule has 0 fully saturated rings. The number of benzene rings is 2. The Hall–Kier alpha value is -2.00. The molecule has 4 rings (SSSR count). The fourth-order valence-electron chi connectivity index (χ4n) is 3.33. The number of rotatable bonds is 1. The average molecular weight is 280 g/mol. The van der Waals surface area contributed by atoms with Gasteiger partial charge in [0.05, 0.1) is 12.3 Å². The maximum atomic E-state index is 5.89. The summed E-state index contributed by atoms with van der Waals surface area (Å²) in [5.41, 5.74) is 5.45. The molecule has 0 unspecified atom stereocenters. The van der Waals surface area contributed by atoms with Crippen molar-refractivity contribution in [3.63, 3.8) is 0 Å². The fourth-order valence-corrected chi connectivity index (χ4v) is 3.33. The first kappa shape index (κ1) is 12.7. The third kappa shape index (κ3) is 2.28. The van der Waals surface area contributed by atoms with Crippen LogP contribution in [0, 0.1) is 0 Å². The number of fused-ring (bicyclic) bond motifs is 2. The molecule has 2 aromatic carbocycles. The van der Waals surface area contributed by atoms with Crippen molar-refractivity contribution in [1.82, 2.24) is 5.32 Å². The van der Waals surface area contributed by atoms with Gasteiger partial charge >= 0.3 is 0 Å². The molecular formula is C18H20N2O. The molecule has 3 heteroatoms. The molecule has 2 aliphatic heterocycles. The van der Waals surface area contributed by atoms with E-state index in [0.717, 1.165) is 44.8 Å². The van der Waals surface area contributed by atoms with Crippen molar-refractivity contribution in [2.75, 3.05) is 24.6 Å². The van der Waals surface area contributed by atoms with E-state index in [2.05, 4.69) is 46.6 Å². The molecule has 2 aliphatic rings. The van der Waals surface area contributed by atoms with E-state index in [-0.39, 0.29) is 0 Å². The number of para-hydroxylation sites is 2. The molecule has 0 aromatic heterocycles. The van der Waals surface area contributed by atoms with Gasteiger partial charge in [-0.1, -0.05) is 24.3 Å². The number of nitrogens with zero attached hydrogens (tertiary/aromatic N) is 1. The number of hydrogen-bond acceptors (Lipinski definition) is 3. The van der Waals surface area contributed by atoms with Crippen molar-refractivity contribution in [3.05, 3.63) is 53.6 Å². The Morgan fingerprint density at radius 3 is 2.90 bits per heavy atom. The first-order valence-electron chi connectivity index (χ1n) is 7.74. The van der Waals surface area contributed by atoms with E-state index in [1.54, 1.807) is 0 Å². The Morgan fingerprint density at radius 2 is 1.90 bits per heavy atom. The third-order valence-electron chi connectivity index (χ3n) is 4.35. The lowest BCUT2D eigenvalue weighted by molar-refractivity contribution is 0.322. The second-order valence-corrected chi connectivity index (χ2v) is 5.66. The summed E-state index contributed by atoms with van der Waals surface area (Å²) < 4.78 is 5.89. The summed E-state index contributed by atoms with van der Waals surface area (Å²) in [6, 6.07) is 15.1. The van der Waals surface area contributed by atoms with Gasteiger partial charge in [-0.05, 0) is 48.7 Å². The monoisotopic (exact) mass is 280 g/mol. The van der Waals surface area contributed by atoms with Gasteiger partial charge in [0.1, 0.15) is 5.75 Å². The van der Waals surface area contributed by atoms with Crippen molar-refractivity contribution in [2.24, 2.45) is 0 Å². The van der Waals surface area contributed by atoms with Crippen LogP contribution in [0.5, 0.6) is 5.75 Å². The summed E-state index contributed by atoms with van der Waals surface area (Å²) in [5.74, 6) is 0.997. The highest BCUT2D eigenvalue weighted by atomic mass is 16.5. The van der Waals surface area contributed by atoms with Crippen molar-refractivity contribution in [2.45, 2.75) is 19.4 Å². The van der Waals surface area contributed by atoms with Crippen molar-refractivity contribution >= 4 is 11.4 Å². The van der Waals surface area contributed by atoms with Gasteiger partial charge in [0, 0.05) is 18.8 Å². The molecule has 108 valence electrons. The minimum absolute atomic E-state index is 0.792. The molecule has 1 N–H and O–H groups in total. The van der Waals surface area contributed by atoms with Crippen molar-refractivity contribution < 1.29 is 4.74 Å². The van der Waals surface area contributed by atoms with E-state index in [4.69, 9.17) is 4.74 Å². The zero-order valence-electron chi connectivity index (χ0n) is 12.1. The second kappa shape index (κ2) is 5.41. The summed E-state index contributed by atoms with van der Waals surface area (Å²) in [6.07, 6.45) is 2.17. The van der Waals surface area contributed by atoms with E-state index in [9.17, 15) is 0 Å². The van der Waals surface area contributed by atoms with Gasteiger partial charge in [-0.15, -0.1) is 0 Å². The van der Waals surface area contributed by atoms with E-state index >= 15 is 0 Å². The number of anilines is 2. The third-order valence-corrected chi connectivity index (χ3v) is 4.35. The zero-order valence-corrected chi connectivity index (χ0v) is 12.1. The summed E-state index contributed by atoms with van der Waals surface area (Å²) >= 11 is 0. The zero-order chi connectivity index (χ0) is 14.1. The molecule has 0 spiro atoms. The van der Waals surface area contributed by atoms with Crippen LogP contribution in [-0.4, -0.2) is 19.7 Å². The molecule has 2 aromatic rings. The molecule has 0 aliphatic carbocycles. The minimum atomic E-state index is 0.792. The van der Waals surface area contributed by atoms with Crippen LogP contribution in [0.3, 0.4) is 0 Å². The highest BCUT2D eigenvalue weighted by Gasteiger charge is 2.22. The Balaban J connectivity index is 1.83. The lowest BCUT2D eigenvalue weighted by Gasteiger charge is -2.29. The molecule has 0 amide bonds. The predicted octanol–water partition coefficient (Wildman–Crippen LogP) is 3.25. The lowest BCUT2D eigenvalue weighted by Crippen LogP contribution is -2.27. The van der Waals surface area contributed by atoms with Crippen LogP contribution in [0.25, 0.3) is 0 Å². The van der Waals surface area contributed by atoms with Gasteiger partial charge in [0.15, 0.2) is 0 Å². The topological polar surface area (TPSA) is 24.5 Å². The molecule has 3 nitrogen and oxygen atoms in total. The smallest absolute Gasteiger partial charge is 0.142 e. The van der Waals surface area contributed by atoms with Gasteiger partial charge in [-0.2, -0.15) is 0 Å². The first-order chi connectivity index (χ1) is 10.4. The minimum Gasteiger partial charge on any atom is -0.491 e. The van der Waals surface area contributed by atoms with Gasteiger partial charge < -0.3 is 15.0 Å². The molecule has 0 saturated carbocycles. The second-order valence-electron chi connectivity index (χ2n) is 5.66. The van der Waals surface area contributed by atoms with Gasteiger partial charge in [0.25, 0.3) is 0 Å². The Labute approximate surface area is 125 Å². The van der Waals surface area contributed by atoms with Crippen LogP contribution in [0.4, 0.5) is 11.4 Å². The van der Waals surface area contributed by atoms with Gasteiger partial charge in [0.2, 0.25) is 0 Å². The fraction of sp³-hybridized carbons (Fsp3) is 0.333. The van der Waals surface area contributed by atoms with E-state index < -0.39 is 0 Å². The molecule has 0 bridgehead atoms. The summed E-state index contributed by atoms with van der Waals surface area (Å²) in [4.78, 5) is 2.42. The quantitative estimate of drug-likeness (QED) is 0.868. The van der Waals surface area contributed by atoms with Crippen LogP contribution >= 0.6 is 0 Å². The van der Waals surface area contributed by atoms with Crippen LogP contribution < -0.4 is 15.0 Å². The Kier molecular flexibility index (Phi) is 3.28. The highest BCUT2D eigenvalue weighted by molar-refractivity contribution is 5.72. The normalized spacial score (nSPS) is 17.4. The largest absolute Gasteiger partial charge is 0.491 e. The Bertz CT molecular complexity index is 653. The first-order valence-corrected chi connectivity index (χ1v) is 7.74. The molecular weight excluding hydrogens is 260 g/mol. The van der Waals surface area contributed by atoms with Crippen molar-refractivity contribution in [1.29, 1.82) is 0 Å². The van der Waals surface area contributed by atoms with E-state index in [1.807, 2.05) is 6.07 Å². The molecule has 0 saturated heterocycles. The van der Waals surface area contributed by atoms with Gasteiger partial charge in [-0.3, -0.25) is 0 Å². The molecule has 0 atom stereocenters. The number of nitrogens with one attached hydrogen (secondary N) is 1. The van der Waals surface area contributed by atoms with Crippen LogP contribution in [-0.2, 0) is 13.0 Å². The molecule has 21 heavy (non-hydrogen) atoms. The molecule has 2 heterocycles. The number of ether oxygens (including phenoxy) is 1. The predicted molar refractivity (Wildman–Crippen MR) is 85.4 cm³/mol. The summed E-state index contributed by atoms with van der Waals surface area (Å²) in [5, 5.41) is 3.50. The van der Waals surface area contributed by atoms with Crippen molar-refractivity contribution in [3.8, 4) is 5.75 Å². The lowest BCUT2D eigenvalue weighted by atomic mass is 9.98. The van der Waals surface area contributed by atoms with E-state index in [1.165, 1.54) is 22.5 Å². The highest BCUT2D eigenvalue weighted by Crippen LogP contribution is 2.38. The summed E-state index contributed by atoms with van der Waals surface area (Å²) in [6.45, 7) is 3.84. The van der Waals surface area contributed by atoms with E-state index in [0.29, 0.717) is 0 Å². The van der Waals surface area contributed by atoms with Gasteiger partial charge in [-0.25, -0.2) is 0 Å². The maximum Gasteiger partial charge on any atom is 0.142 e. The maximum absolute atomic E-state index is 5.89. The molecule has 0 radical (unpaired) electrons.